The minimum Gasteiger partial charge on any atom is -0.501 e. The molecule has 0 spiro atoms. The molecule has 0 N–H and O–H groups in total. The highest BCUT2D eigenvalue weighted by Gasteiger charge is 2.31. The maximum absolute atomic E-state index is 5.34. The van der Waals surface area contributed by atoms with E-state index in [0.29, 0.717) is 0 Å². The molecule has 142 valence electrons. The summed E-state index contributed by atoms with van der Waals surface area (Å²) in [6.07, 6.45) is 7.03. The van der Waals surface area contributed by atoms with Gasteiger partial charge in [-0.2, -0.15) is 0 Å². The Morgan fingerprint density at radius 2 is 1.52 bits per heavy atom. The Labute approximate surface area is 163 Å². The number of rotatable bonds is 8. The van der Waals surface area contributed by atoms with Gasteiger partial charge in [0.15, 0.2) is 0 Å². The monoisotopic (exact) mass is 362 g/mol. The Bertz CT molecular complexity index is 761. The number of hydrogen-bond acceptors (Lipinski definition) is 2. The third-order valence-corrected chi connectivity index (χ3v) is 5.22. The van der Waals surface area contributed by atoms with Crippen molar-refractivity contribution in [2.24, 2.45) is 0 Å². The van der Waals surface area contributed by atoms with Gasteiger partial charge in [-0.15, -0.1) is 0 Å². The molecule has 2 heteroatoms. The van der Waals surface area contributed by atoms with Gasteiger partial charge in [-0.05, 0) is 60.7 Å². The number of aryl methyl sites for hydroxylation is 1. The Hall–Kier alpha value is -2.74. The van der Waals surface area contributed by atoms with Gasteiger partial charge < -0.3 is 9.47 Å². The maximum atomic E-state index is 5.34. The van der Waals surface area contributed by atoms with E-state index in [1.54, 1.807) is 14.2 Å². The number of allylic oxidation sites excluding steroid dienone is 5. The molecule has 1 atom stereocenters. The molecule has 2 aromatic carbocycles. The van der Waals surface area contributed by atoms with Crippen molar-refractivity contribution in [3.8, 4) is 5.75 Å². The van der Waals surface area contributed by atoms with Crippen molar-refractivity contribution >= 4 is 0 Å². The van der Waals surface area contributed by atoms with Gasteiger partial charge in [0.1, 0.15) is 5.75 Å². The van der Waals surface area contributed by atoms with Crippen LogP contribution < -0.4 is 4.74 Å². The summed E-state index contributed by atoms with van der Waals surface area (Å²) in [5.41, 5.74) is 4.50. The lowest BCUT2D eigenvalue weighted by molar-refractivity contribution is 0.293. The summed E-state index contributed by atoms with van der Waals surface area (Å²) in [6, 6.07) is 17.1. The second kappa shape index (κ2) is 9.27. The van der Waals surface area contributed by atoms with E-state index in [0.717, 1.165) is 23.5 Å². The van der Waals surface area contributed by atoms with Gasteiger partial charge in [0, 0.05) is 5.41 Å². The summed E-state index contributed by atoms with van der Waals surface area (Å²) in [5, 5.41) is 0. The zero-order valence-electron chi connectivity index (χ0n) is 17.1. The Morgan fingerprint density at radius 1 is 0.963 bits per heavy atom. The second-order valence-corrected chi connectivity index (χ2v) is 6.71. The molecule has 0 fully saturated rings. The quantitative estimate of drug-likeness (QED) is 0.409. The lowest BCUT2D eigenvalue weighted by Crippen LogP contribution is -2.25. The summed E-state index contributed by atoms with van der Waals surface area (Å²) < 4.78 is 10.6. The number of methoxy groups -OCH3 is 2. The highest BCUT2D eigenvalue weighted by Crippen LogP contribution is 2.40. The van der Waals surface area contributed by atoms with Crippen molar-refractivity contribution in [1.29, 1.82) is 0 Å². The molecular formula is C25H30O2. The normalized spacial score (nSPS) is 14.4. The number of hydrogen-bond donors (Lipinski definition) is 0. The van der Waals surface area contributed by atoms with Crippen molar-refractivity contribution in [3.05, 3.63) is 101 Å². The van der Waals surface area contributed by atoms with E-state index in [1.165, 1.54) is 16.7 Å². The topological polar surface area (TPSA) is 18.5 Å². The van der Waals surface area contributed by atoms with Gasteiger partial charge in [0.25, 0.3) is 0 Å². The zero-order chi connectivity index (χ0) is 19.9. The van der Waals surface area contributed by atoms with Crippen LogP contribution in [0.1, 0.15) is 37.5 Å². The number of ether oxygens (including phenoxy) is 2. The Kier molecular flexibility index (Phi) is 7.06. The van der Waals surface area contributed by atoms with E-state index >= 15 is 0 Å². The average Bonchev–Trinajstić information content (AvgIpc) is 2.73. The molecule has 0 radical (unpaired) electrons. The van der Waals surface area contributed by atoms with E-state index in [4.69, 9.17) is 9.47 Å². The largest absolute Gasteiger partial charge is 0.501 e. The second-order valence-electron chi connectivity index (χ2n) is 6.71. The molecule has 0 aliphatic carbocycles. The van der Waals surface area contributed by atoms with Crippen LogP contribution in [0.25, 0.3) is 0 Å². The van der Waals surface area contributed by atoms with E-state index in [1.807, 2.05) is 31.2 Å². The first-order chi connectivity index (χ1) is 13.0. The van der Waals surface area contributed by atoms with Crippen LogP contribution in [0.4, 0.5) is 0 Å². The molecule has 0 aliphatic heterocycles. The minimum absolute atomic E-state index is 0.342. The van der Waals surface area contributed by atoms with E-state index in [9.17, 15) is 0 Å². The molecule has 2 rings (SSSR count). The van der Waals surface area contributed by atoms with Crippen LogP contribution in [-0.2, 0) is 16.6 Å². The molecule has 0 heterocycles. The van der Waals surface area contributed by atoms with Crippen LogP contribution >= 0.6 is 0 Å². The van der Waals surface area contributed by atoms with E-state index in [2.05, 4.69) is 62.9 Å². The SMILES string of the molecule is C=C/C(=C\C=C(/C)OC)C(C)(c1ccc(CC)cc1)c1ccc(OC)cc1. The highest BCUT2D eigenvalue weighted by molar-refractivity contribution is 5.53. The van der Waals surface area contributed by atoms with Crippen molar-refractivity contribution < 1.29 is 9.47 Å². The van der Waals surface area contributed by atoms with Crippen LogP contribution in [0, 0.1) is 0 Å². The Morgan fingerprint density at radius 3 is 1.96 bits per heavy atom. The van der Waals surface area contributed by atoms with Gasteiger partial charge in [0.2, 0.25) is 0 Å². The minimum atomic E-state index is -0.342. The fraction of sp³-hybridized carbons (Fsp3) is 0.280. The Balaban J connectivity index is 2.66. The van der Waals surface area contributed by atoms with E-state index < -0.39 is 0 Å². The van der Waals surface area contributed by atoms with Crippen molar-refractivity contribution in [1.82, 2.24) is 0 Å². The van der Waals surface area contributed by atoms with Gasteiger partial charge in [-0.1, -0.05) is 62.1 Å². The van der Waals surface area contributed by atoms with Crippen LogP contribution in [0.5, 0.6) is 5.75 Å². The third kappa shape index (κ3) is 4.51. The molecule has 0 aromatic heterocycles. The molecule has 2 aromatic rings. The molecule has 0 amide bonds. The van der Waals surface area contributed by atoms with Gasteiger partial charge in [-0.25, -0.2) is 0 Å². The summed E-state index contributed by atoms with van der Waals surface area (Å²) in [4.78, 5) is 0. The predicted octanol–water partition coefficient (Wildman–Crippen LogP) is 6.23. The molecule has 1 unspecified atom stereocenters. The summed E-state index contributed by atoms with van der Waals surface area (Å²) >= 11 is 0. The van der Waals surface area contributed by atoms with Gasteiger partial charge >= 0.3 is 0 Å². The van der Waals surface area contributed by atoms with Gasteiger partial charge in [0.05, 0.1) is 20.0 Å². The molecule has 27 heavy (non-hydrogen) atoms. The maximum Gasteiger partial charge on any atom is 0.118 e. The predicted molar refractivity (Wildman–Crippen MR) is 114 cm³/mol. The van der Waals surface area contributed by atoms with Crippen molar-refractivity contribution in [3.63, 3.8) is 0 Å². The number of benzene rings is 2. The lowest BCUT2D eigenvalue weighted by Gasteiger charge is -2.33. The van der Waals surface area contributed by atoms with E-state index in [-0.39, 0.29) is 5.41 Å². The molecule has 0 aliphatic rings. The molecule has 0 bridgehead atoms. The molecule has 2 nitrogen and oxygen atoms in total. The van der Waals surface area contributed by atoms with Crippen LogP contribution in [0.3, 0.4) is 0 Å². The summed E-state index contributed by atoms with van der Waals surface area (Å²) in [5.74, 6) is 1.70. The standard InChI is InChI=1S/C25H30O2/c1-7-20-10-13-22(14-11-20)25(4,21(8-2)12-9-19(3)26-5)23-15-17-24(27-6)18-16-23/h8-18H,2,7H2,1,3-6H3/b19-9+,21-12+. The van der Waals surface area contributed by atoms with Crippen LogP contribution in [0.15, 0.2) is 84.7 Å². The summed E-state index contributed by atoms with van der Waals surface area (Å²) in [7, 11) is 3.37. The first-order valence-corrected chi connectivity index (χ1v) is 9.29. The highest BCUT2D eigenvalue weighted by atomic mass is 16.5. The first-order valence-electron chi connectivity index (χ1n) is 9.29. The lowest BCUT2D eigenvalue weighted by atomic mass is 9.70. The van der Waals surface area contributed by atoms with Crippen molar-refractivity contribution in [2.45, 2.75) is 32.6 Å². The van der Waals surface area contributed by atoms with Gasteiger partial charge in [-0.3, -0.25) is 0 Å². The van der Waals surface area contributed by atoms with Crippen LogP contribution in [-0.4, -0.2) is 14.2 Å². The summed E-state index contributed by atoms with van der Waals surface area (Å²) in [6.45, 7) is 10.4. The molecule has 0 saturated heterocycles. The fourth-order valence-corrected chi connectivity index (χ4v) is 3.21. The van der Waals surface area contributed by atoms with Crippen molar-refractivity contribution in [2.75, 3.05) is 14.2 Å². The van der Waals surface area contributed by atoms with Crippen LogP contribution in [0.2, 0.25) is 0 Å². The molecular weight excluding hydrogens is 332 g/mol. The average molecular weight is 363 g/mol. The first kappa shape index (κ1) is 20.6. The molecule has 0 saturated carbocycles. The third-order valence-electron chi connectivity index (χ3n) is 5.22. The zero-order valence-corrected chi connectivity index (χ0v) is 17.1. The smallest absolute Gasteiger partial charge is 0.118 e. The fourth-order valence-electron chi connectivity index (χ4n) is 3.21.